The van der Waals surface area contributed by atoms with Crippen LogP contribution in [-0.2, 0) is 4.79 Å². The Morgan fingerprint density at radius 2 is 2.33 bits per heavy atom. The van der Waals surface area contributed by atoms with Gasteiger partial charge >= 0.3 is 0 Å². The fourth-order valence-corrected chi connectivity index (χ4v) is 1.94. The molecule has 1 heterocycles. The van der Waals surface area contributed by atoms with E-state index in [1.54, 1.807) is 0 Å². The summed E-state index contributed by atoms with van der Waals surface area (Å²) in [5, 5.41) is 0. The van der Waals surface area contributed by atoms with Gasteiger partial charge in [-0.1, -0.05) is 6.58 Å². The predicted octanol–water partition coefficient (Wildman–Crippen LogP) is 2.36. The van der Waals surface area contributed by atoms with E-state index in [1.165, 1.54) is 0 Å². The largest absolute Gasteiger partial charge is 0.363 e. The third-order valence-electron chi connectivity index (χ3n) is 3.02. The number of likely N-dealkylation sites (tertiary alicyclic amines) is 1. The number of allylic oxidation sites excluding steroid dienone is 1. The third-order valence-corrected chi connectivity index (χ3v) is 3.02. The summed E-state index contributed by atoms with van der Waals surface area (Å²) < 4.78 is 0. The van der Waals surface area contributed by atoms with E-state index in [4.69, 9.17) is 6.42 Å². The first-order chi connectivity index (χ1) is 6.97. The summed E-state index contributed by atoms with van der Waals surface area (Å²) in [5.41, 5.74) is 1.15. The third kappa shape index (κ3) is 2.86. The highest BCUT2D eigenvalue weighted by Gasteiger charge is 2.34. The van der Waals surface area contributed by atoms with Crippen molar-refractivity contribution in [3.8, 4) is 12.3 Å². The molecule has 0 aliphatic carbocycles. The molecule has 0 radical (unpaired) electrons. The van der Waals surface area contributed by atoms with Gasteiger partial charge in [0, 0.05) is 24.1 Å². The SMILES string of the molecule is C#CCCC(=O)CN1C(=C)CCC1(C)C. The molecule has 82 valence electrons. The predicted molar refractivity (Wildman–Crippen MR) is 62.2 cm³/mol. The maximum absolute atomic E-state index is 11.6. The summed E-state index contributed by atoms with van der Waals surface area (Å²) in [5.74, 6) is 2.71. The highest BCUT2D eigenvalue weighted by molar-refractivity contribution is 5.81. The van der Waals surface area contributed by atoms with Crippen LogP contribution in [0.25, 0.3) is 0 Å². The summed E-state index contributed by atoms with van der Waals surface area (Å²) in [6.45, 7) is 8.77. The number of ketones is 1. The second kappa shape index (κ2) is 4.53. The molecule has 2 nitrogen and oxygen atoms in total. The Morgan fingerprint density at radius 1 is 1.67 bits per heavy atom. The number of nitrogens with zero attached hydrogens (tertiary/aromatic N) is 1. The molecule has 0 aromatic carbocycles. The first kappa shape index (κ1) is 11.8. The Morgan fingerprint density at radius 3 is 2.80 bits per heavy atom. The maximum atomic E-state index is 11.6. The second-order valence-corrected chi connectivity index (χ2v) is 4.71. The van der Waals surface area contributed by atoms with Crippen LogP contribution in [0.4, 0.5) is 0 Å². The quantitative estimate of drug-likeness (QED) is 0.657. The molecule has 0 saturated carbocycles. The van der Waals surface area contributed by atoms with E-state index in [-0.39, 0.29) is 11.3 Å². The summed E-state index contributed by atoms with van der Waals surface area (Å²) >= 11 is 0. The van der Waals surface area contributed by atoms with Crippen molar-refractivity contribution >= 4 is 5.78 Å². The molecule has 1 saturated heterocycles. The number of carbonyl (C=O) groups excluding carboxylic acids is 1. The zero-order chi connectivity index (χ0) is 11.5. The lowest BCUT2D eigenvalue weighted by Crippen LogP contribution is -2.40. The Balaban J connectivity index is 2.54. The van der Waals surface area contributed by atoms with E-state index >= 15 is 0 Å². The Labute approximate surface area is 92.3 Å². The van der Waals surface area contributed by atoms with E-state index in [1.807, 2.05) is 0 Å². The van der Waals surface area contributed by atoms with E-state index in [2.05, 4.69) is 31.2 Å². The highest BCUT2D eigenvalue weighted by atomic mass is 16.1. The van der Waals surface area contributed by atoms with Gasteiger partial charge < -0.3 is 4.90 Å². The van der Waals surface area contributed by atoms with Gasteiger partial charge in [-0.05, 0) is 26.7 Å². The van der Waals surface area contributed by atoms with Crippen LogP contribution in [0.15, 0.2) is 12.3 Å². The fourth-order valence-electron chi connectivity index (χ4n) is 1.94. The van der Waals surface area contributed by atoms with Crippen molar-refractivity contribution in [2.24, 2.45) is 0 Å². The summed E-state index contributed by atoms with van der Waals surface area (Å²) in [6, 6.07) is 0. The molecular weight excluding hydrogens is 186 g/mol. The van der Waals surface area contributed by atoms with Crippen molar-refractivity contribution in [2.75, 3.05) is 6.54 Å². The molecule has 0 aromatic heterocycles. The van der Waals surface area contributed by atoms with Crippen molar-refractivity contribution in [3.05, 3.63) is 12.3 Å². The number of hydrogen-bond acceptors (Lipinski definition) is 2. The number of Topliss-reactive ketones (excluding diaryl/α,β-unsaturated/α-hetero) is 1. The summed E-state index contributed by atoms with van der Waals surface area (Å²) in [7, 11) is 0. The van der Waals surface area contributed by atoms with Gasteiger partial charge in [-0.15, -0.1) is 12.3 Å². The van der Waals surface area contributed by atoms with Gasteiger partial charge in [0.2, 0.25) is 0 Å². The molecule has 0 N–H and O–H groups in total. The van der Waals surface area contributed by atoms with Gasteiger partial charge in [-0.2, -0.15) is 0 Å². The van der Waals surface area contributed by atoms with Crippen molar-refractivity contribution < 1.29 is 4.79 Å². The van der Waals surface area contributed by atoms with E-state index < -0.39 is 0 Å². The van der Waals surface area contributed by atoms with Gasteiger partial charge in [0.05, 0.1) is 6.54 Å². The van der Waals surface area contributed by atoms with Crippen LogP contribution in [0.3, 0.4) is 0 Å². The Hall–Kier alpha value is -1.23. The van der Waals surface area contributed by atoms with Gasteiger partial charge in [-0.25, -0.2) is 0 Å². The lowest BCUT2D eigenvalue weighted by molar-refractivity contribution is -0.120. The van der Waals surface area contributed by atoms with E-state index in [9.17, 15) is 4.79 Å². The minimum Gasteiger partial charge on any atom is -0.363 e. The molecule has 0 aromatic rings. The Kier molecular flexibility index (Phi) is 3.57. The second-order valence-electron chi connectivity index (χ2n) is 4.71. The lowest BCUT2D eigenvalue weighted by atomic mass is 10.0. The van der Waals surface area contributed by atoms with Gasteiger partial charge in [0.1, 0.15) is 0 Å². The molecule has 2 heteroatoms. The summed E-state index contributed by atoms with van der Waals surface area (Å²) in [6.07, 6.45) is 8.23. The van der Waals surface area contributed by atoms with E-state index in [0.29, 0.717) is 19.4 Å². The molecule has 0 bridgehead atoms. The monoisotopic (exact) mass is 205 g/mol. The molecular formula is C13H19NO. The number of hydrogen-bond donors (Lipinski definition) is 0. The van der Waals surface area contributed by atoms with Crippen molar-refractivity contribution in [1.29, 1.82) is 0 Å². The van der Waals surface area contributed by atoms with E-state index in [0.717, 1.165) is 18.5 Å². The minimum atomic E-state index is 0.0723. The minimum absolute atomic E-state index is 0.0723. The highest BCUT2D eigenvalue weighted by Crippen LogP contribution is 2.34. The number of terminal acetylenes is 1. The van der Waals surface area contributed by atoms with Gasteiger partial charge in [0.15, 0.2) is 5.78 Å². The average molecular weight is 205 g/mol. The van der Waals surface area contributed by atoms with Crippen molar-refractivity contribution in [3.63, 3.8) is 0 Å². The topological polar surface area (TPSA) is 20.3 Å². The maximum Gasteiger partial charge on any atom is 0.153 e. The van der Waals surface area contributed by atoms with Gasteiger partial charge in [0.25, 0.3) is 0 Å². The molecule has 0 spiro atoms. The lowest BCUT2D eigenvalue weighted by Gasteiger charge is -2.33. The molecule has 0 atom stereocenters. The zero-order valence-electron chi connectivity index (χ0n) is 9.68. The smallest absolute Gasteiger partial charge is 0.153 e. The molecule has 1 rings (SSSR count). The number of rotatable bonds is 4. The average Bonchev–Trinajstić information content (AvgIpc) is 2.42. The first-order valence-electron chi connectivity index (χ1n) is 5.38. The van der Waals surface area contributed by atoms with Crippen LogP contribution in [0.2, 0.25) is 0 Å². The van der Waals surface area contributed by atoms with Crippen LogP contribution in [0, 0.1) is 12.3 Å². The first-order valence-corrected chi connectivity index (χ1v) is 5.38. The van der Waals surface area contributed by atoms with Crippen molar-refractivity contribution in [1.82, 2.24) is 4.90 Å². The zero-order valence-corrected chi connectivity index (χ0v) is 9.68. The van der Waals surface area contributed by atoms with Crippen LogP contribution < -0.4 is 0 Å². The standard InChI is InChI=1S/C13H19NO/c1-5-6-7-12(15)10-14-11(2)8-9-13(14,3)4/h1H,2,6-10H2,3-4H3. The normalized spacial score (nSPS) is 19.0. The van der Waals surface area contributed by atoms with Crippen molar-refractivity contribution in [2.45, 2.75) is 45.1 Å². The van der Waals surface area contributed by atoms with Crippen LogP contribution in [-0.4, -0.2) is 22.8 Å². The number of carbonyl (C=O) groups is 1. The fraction of sp³-hybridized carbons (Fsp3) is 0.615. The molecule has 15 heavy (non-hydrogen) atoms. The Bertz CT molecular complexity index is 309. The van der Waals surface area contributed by atoms with Crippen LogP contribution in [0.1, 0.15) is 39.5 Å². The molecule has 1 aliphatic rings. The molecule has 0 amide bonds. The van der Waals surface area contributed by atoms with Crippen LogP contribution >= 0.6 is 0 Å². The molecule has 0 unspecified atom stereocenters. The molecule has 1 fully saturated rings. The van der Waals surface area contributed by atoms with Crippen LogP contribution in [0.5, 0.6) is 0 Å². The molecule has 1 aliphatic heterocycles. The summed E-state index contributed by atoms with van der Waals surface area (Å²) in [4.78, 5) is 13.7. The van der Waals surface area contributed by atoms with Gasteiger partial charge in [-0.3, -0.25) is 4.79 Å².